The van der Waals surface area contributed by atoms with Crippen molar-refractivity contribution in [3.63, 3.8) is 0 Å². The van der Waals surface area contributed by atoms with Gasteiger partial charge >= 0.3 is 0 Å². The summed E-state index contributed by atoms with van der Waals surface area (Å²) in [5.41, 5.74) is 2.56. The molecule has 26 heavy (non-hydrogen) atoms. The first-order valence-corrected chi connectivity index (χ1v) is 9.20. The lowest BCUT2D eigenvalue weighted by Crippen LogP contribution is -2.47. The molecule has 2 aromatic rings. The Labute approximate surface area is 159 Å². The van der Waals surface area contributed by atoms with E-state index in [1.807, 2.05) is 12.1 Å². The lowest BCUT2D eigenvalue weighted by Gasteiger charge is -2.33. The molecule has 3 rings (SSSR count). The predicted octanol–water partition coefficient (Wildman–Crippen LogP) is 3.32. The number of hydrogen-bond acceptors (Lipinski definition) is 3. The van der Waals surface area contributed by atoms with E-state index in [4.69, 9.17) is 17.0 Å². The molecular weight excluding hydrogens is 349 g/mol. The van der Waals surface area contributed by atoms with Crippen LogP contribution in [-0.2, 0) is 11.3 Å². The van der Waals surface area contributed by atoms with Crippen molar-refractivity contribution in [3.8, 4) is 0 Å². The van der Waals surface area contributed by atoms with E-state index in [9.17, 15) is 4.39 Å². The Balaban J connectivity index is 1.44. The average Bonchev–Trinajstić information content (AvgIpc) is 2.64. The van der Waals surface area contributed by atoms with E-state index in [0.717, 1.165) is 19.6 Å². The fraction of sp³-hybridized carbons (Fsp3) is 0.350. The van der Waals surface area contributed by atoms with Crippen LogP contribution in [0.5, 0.6) is 0 Å². The fourth-order valence-corrected chi connectivity index (χ4v) is 3.14. The van der Waals surface area contributed by atoms with Crippen molar-refractivity contribution in [3.05, 3.63) is 65.5 Å². The van der Waals surface area contributed by atoms with Crippen LogP contribution in [0.15, 0.2) is 48.5 Å². The standard InChI is InChI=1S/C20H24FN3OS/c1-15-7-8-17(11-19(15)21)23-20(26)22-12-18-14-24(9-10-25-18)13-16-5-3-2-4-6-16/h2-8,11,18H,9-10,12-14H2,1H3,(H2,22,23,26)/t18-/m1/s1. The van der Waals surface area contributed by atoms with Gasteiger partial charge in [-0.1, -0.05) is 36.4 Å². The number of ether oxygens (including phenoxy) is 1. The summed E-state index contributed by atoms with van der Waals surface area (Å²) in [5, 5.41) is 6.65. The lowest BCUT2D eigenvalue weighted by atomic mass is 10.2. The topological polar surface area (TPSA) is 36.5 Å². The molecule has 1 aliphatic rings. The highest BCUT2D eigenvalue weighted by atomic mass is 32.1. The Kier molecular flexibility index (Phi) is 6.55. The minimum atomic E-state index is -0.245. The highest BCUT2D eigenvalue weighted by molar-refractivity contribution is 7.80. The Morgan fingerprint density at radius 3 is 2.85 bits per heavy atom. The number of hydrogen-bond donors (Lipinski definition) is 2. The quantitative estimate of drug-likeness (QED) is 0.787. The number of rotatable bonds is 5. The first-order chi connectivity index (χ1) is 12.6. The number of nitrogens with zero attached hydrogens (tertiary/aromatic N) is 1. The van der Waals surface area contributed by atoms with Crippen molar-refractivity contribution in [2.75, 3.05) is 31.6 Å². The van der Waals surface area contributed by atoms with E-state index < -0.39 is 0 Å². The summed E-state index contributed by atoms with van der Waals surface area (Å²) in [7, 11) is 0. The zero-order valence-electron chi connectivity index (χ0n) is 14.9. The summed E-state index contributed by atoms with van der Waals surface area (Å²) < 4.78 is 19.4. The van der Waals surface area contributed by atoms with Gasteiger partial charge in [0, 0.05) is 31.9 Å². The summed E-state index contributed by atoms with van der Waals surface area (Å²) >= 11 is 5.30. The smallest absolute Gasteiger partial charge is 0.170 e. The molecule has 138 valence electrons. The van der Waals surface area contributed by atoms with Crippen LogP contribution in [0.25, 0.3) is 0 Å². The number of halogens is 1. The maximum atomic E-state index is 13.6. The Morgan fingerprint density at radius 2 is 2.08 bits per heavy atom. The molecule has 0 radical (unpaired) electrons. The number of aryl methyl sites for hydroxylation is 1. The third-order valence-corrected chi connectivity index (χ3v) is 4.64. The normalized spacial score (nSPS) is 17.7. The van der Waals surface area contributed by atoms with Gasteiger partial charge in [0.1, 0.15) is 5.82 Å². The van der Waals surface area contributed by atoms with Gasteiger partial charge < -0.3 is 15.4 Å². The van der Waals surface area contributed by atoms with Crippen LogP contribution in [0, 0.1) is 12.7 Å². The summed E-state index contributed by atoms with van der Waals surface area (Å²) in [4.78, 5) is 2.39. The zero-order chi connectivity index (χ0) is 18.4. The van der Waals surface area contributed by atoms with E-state index in [1.165, 1.54) is 11.6 Å². The van der Waals surface area contributed by atoms with Crippen molar-refractivity contribution < 1.29 is 9.13 Å². The SMILES string of the molecule is Cc1ccc(NC(=S)NC[C@@H]2CN(Cc3ccccc3)CCO2)cc1F. The van der Waals surface area contributed by atoms with Gasteiger partial charge in [0.15, 0.2) is 5.11 Å². The first-order valence-electron chi connectivity index (χ1n) is 8.79. The summed E-state index contributed by atoms with van der Waals surface area (Å²) in [6, 6.07) is 15.4. The fourth-order valence-electron chi connectivity index (χ4n) is 2.94. The number of morpholine rings is 1. The predicted molar refractivity (Wildman–Crippen MR) is 107 cm³/mol. The molecule has 0 aromatic heterocycles. The number of anilines is 1. The van der Waals surface area contributed by atoms with Crippen LogP contribution in [0.1, 0.15) is 11.1 Å². The molecule has 0 spiro atoms. The number of thiocarbonyl (C=S) groups is 1. The minimum absolute atomic E-state index is 0.0713. The van der Waals surface area contributed by atoms with Crippen molar-refractivity contribution in [1.82, 2.24) is 10.2 Å². The molecule has 0 aliphatic carbocycles. The van der Waals surface area contributed by atoms with Gasteiger partial charge in [0.2, 0.25) is 0 Å². The van der Waals surface area contributed by atoms with E-state index in [1.54, 1.807) is 13.0 Å². The van der Waals surface area contributed by atoms with Crippen molar-refractivity contribution in [2.45, 2.75) is 19.6 Å². The second kappa shape index (κ2) is 9.07. The van der Waals surface area contributed by atoms with Crippen LogP contribution >= 0.6 is 12.2 Å². The molecule has 4 nitrogen and oxygen atoms in total. The maximum Gasteiger partial charge on any atom is 0.170 e. The third kappa shape index (κ3) is 5.49. The van der Waals surface area contributed by atoms with Crippen LogP contribution < -0.4 is 10.6 Å². The van der Waals surface area contributed by atoms with E-state index in [2.05, 4.69) is 39.8 Å². The van der Waals surface area contributed by atoms with Gasteiger partial charge in [0.25, 0.3) is 0 Å². The van der Waals surface area contributed by atoms with Crippen molar-refractivity contribution >= 4 is 23.0 Å². The third-order valence-electron chi connectivity index (χ3n) is 4.39. The zero-order valence-corrected chi connectivity index (χ0v) is 15.7. The first kappa shape index (κ1) is 18.8. The molecule has 0 saturated carbocycles. The minimum Gasteiger partial charge on any atom is -0.374 e. The molecule has 0 unspecified atom stereocenters. The van der Waals surface area contributed by atoms with Crippen LogP contribution in [0.2, 0.25) is 0 Å². The van der Waals surface area contributed by atoms with Crippen LogP contribution in [0.4, 0.5) is 10.1 Å². The van der Waals surface area contributed by atoms with Crippen LogP contribution in [0.3, 0.4) is 0 Å². The van der Waals surface area contributed by atoms with Crippen molar-refractivity contribution in [1.29, 1.82) is 0 Å². The molecule has 0 amide bonds. The van der Waals surface area contributed by atoms with Crippen molar-refractivity contribution in [2.24, 2.45) is 0 Å². The monoisotopic (exact) mass is 373 g/mol. The molecule has 1 heterocycles. The molecule has 1 aliphatic heterocycles. The van der Waals surface area contributed by atoms with Gasteiger partial charge in [-0.15, -0.1) is 0 Å². The Morgan fingerprint density at radius 1 is 1.27 bits per heavy atom. The lowest BCUT2D eigenvalue weighted by molar-refractivity contribution is -0.0279. The van der Waals surface area contributed by atoms with E-state index >= 15 is 0 Å². The second-order valence-corrected chi connectivity index (χ2v) is 6.92. The molecule has 6 heteroatoms. The summed E-state index contributed by atoms with van der Waals surface area (Å²) in [6.07, 6.45) is 0.0713. The summed E-state index contributed by atoms with van der Waals surface area (Å²) in [6.45, 7) is 5.76. The van der Waals surface area contributed by atoms with Gasteiger partial charge in [-0.3, -0.25) is 4.90 Å². The second-order valence-electron chi connectivity index (χ2n) is 6.51. The van der Waals surface area contributed by atoms with Gasteiger partial charge in [0.05, 0.1) is 12.7 Å². The highest BCUT2D eigenvalue weighted by Gasteiger charge is 2.20. The van der Waals surface area contributed by atoms with E-state index in [-0.39, 0.29) is 11.9 Å². The Hall–Kier alpha value is -2.02. The van der Waals surface area contributed by atoms with Crippen LogP contribution in [-0.4, -0.2) is 42.4 Å². The molecule has 2 N–H and O–H groups in total. The molecule has 0 bridgehead atoms. The molecule has 2 aromatic carbocycles. The maximum absolute atomic E-state index is 13.6. The van der Waals surface area contributed by atoms with Gasteiger partial charge in [-0.25, -0.2) is 4.39 Å². The molecule has 1 saturated heterocycles. The Bertz CT molecular complexity index is 741. The largest absolute Gasteiger partial charge is 0.374 e. The van der Waals surface area contributed by atoms with E-state index in [0.29, 0.717) is 29.5 Å². The number of benzene rings is 2. The molecular formula is C20H24FN3OS. The molecule has 1 atom stereocenters. The summed E-state index contributed by atoms with van der Waals surface area (Å²) in [5.74, 6) is -0.245. The number of nitrogens with one attached hydrogen (secondary N) is 2. The van der Waals surface area contributed by atoms with Gasteiger partial charge in [-0.2, -0.15) is 0 Å². The highest BCUT2D eigenvalue weighted by Crippen LogP contribution is 2.14. The van der Waals surface area contributed by atoms with Gasteiger partial charge in [-0.05, 0) is 42.4 Å². The average molecular weight is 373 g/mol. The molecule has 1 fully saturated rings.